The largest absolute Gasteiger partial charge is 0.497 e. The molecule has 2 fully saturated rings. The van der Waals surface area contributed by atoms with Crippen molar-refractivity contribution in [3.63, 3.8) is 0 Å². The number of hydrogen-bond acceptors (Lipinski definition) is 4. The van der Waals surface area contributed by atoms with Gasteiger partial charge in [0.15, 0.2) is 15.8 Å². The minimum atomic E-state index is -2.91. The van der Waals surface area contributed by atoms with Crippen molar-refractivity contribution in [1.29, 1.82) is 0 Å². The van der Waals surface area contributed by atoms with Crippen LogP contribution in [0.2, 0.25) is 0 Å². The maximum atomic E-state index is 11.7. The first-order valence-corrected chi connectivity index (χ1v) is 11.7. The van der Waals surface area contributed by atoms with Crippen LogP contribution in [0.15, 0.2) is 29.3 Å². The standard InChI is InChI=1S/C20H31N3O3S/c1-3-21-19(23-17-9-12-27(24,25)14-17)22-15-20(10-4-5-11-20)16-7-6-8-18(13-16)26-2/h6-8,13,17H,3-5,9-12,14-15H2,1-2H3,(H2,21,22,23). The van der Waals surface area contributed by atoms with Crippen LogP contribution in [0.1, 0.15) is 44.6 Å². The van der Waals surface area contributed by atoms with Gasteiger partial charge in [-0.3, -0.25) is 4.99 Å². The minimum Gasteiger partial charge on any atom is -0.497 e. The summed E-state index contributed by atoms with van der Waals surface area (Å²) in [4.78, 5) is 4.87. The summed E-state index contributed by atoms with van der Waals surface area (Å²) in [7, 11) is -1.21. The predicted molar refractivity (Wildman–Crippen MR) is 109 cm³/mol. The van der Waals surface area contributed by atoms with Gasteiger partial charge < -0.3 is 15.4 Å². The Morgan fingerprint density at radius 3 is 2.74 bits per heavy atom. The third-order valence-corrected chi connectivity index (χ3v) is 7.47. The monoisotopic (exact) mass is 393 g/mol. The number of nitrogens with zero attached hydrogens (tertiary/aromatic N) is 1. The number of sulfone groups is 1. The van der Waals surface area contributed by atoms with E-state index in [1.807, 2.05) is 19.1 Å². The Kier molecular flexibility index (Phi) is 6.29. The van der Waals surface area contributed by atoms with Crippen molar-refractivity contribution in [3.8, 4) is 5.75 Å². The van der Waals surface area contributed by atoms with Crippen LogP contribution in [-0.2, 0) is 15.3 Å². The molecule has 0 radical (unpaired) electrons. The summed E-state index contributed by atoms with van der Waals surface area (Å²) >= 11 is 0. The Hall–Kier alpha value is -1.76. The van der Waals surface area contributed by atoms with Gasteiger partial charge in [-0.15, -0.1) is 0 Å². The lowest BCUT2D eigenvalue weighted by Crippen LogP contribution is -2.44. The molecule has 1 heterocycles. The first-order valence-electron chi connectivity index (χ1n) is 9.86. The van der Waals surface area contributed by atoms with Crippen molar-refractivity contribution in [2.75, 3.05) is 31.7 Å². The molecule has 27 heavy (non-hydrogen) atoms. The number of rotatable bonds is 6. The minimum absolute atomic E-state index is 0.0264. The Bertz CT molecular complexity index is 770. The van der Waals surface area contributed by atoms with E-state index in [9.17, 15) is 8.42 Å². The van der Waals surface area contributed by atoms with Gasteiger partial charge in [0.05, 0.1) is 25.2 Å². The Labute approximate surface area is 162 Å². The molecule has 2 aliphatic rings. The molecule has 6 nitrogen and oxygen atoms in total. The molecule has 1 saturated carbocycles. The molecule has 0 bridgehead atoms. The van der Waals surface area contributed by atoms with E-state index in [4.69, 9.17) is 9.73 Å². The van der Waals surface area contributed by atoms with Gasteiger partial charge in [0.2, 0.25) is 0 Å². The fourth-order valence-electron chi connectivity index (χ4n) is 4.20. The van der Waals surface area contributed by atoms with Gasteiger partial charge >= 0.3 is 0 Å². The number of aliphatic imine (C=N–C) groups is 1. The second kappa shape index (κ2) is 8.50. The van der Waals surface area contributed by atoms with E-state index in [0.717, 1.165) is 25.1 Å². The maximum absolute atomic E-state index is 11.7. The molecule has 1 aromatic rings. The van der Waals surface area contributed by atoms with Crippen LogP contribution in [-0.4, -0.2) is 52.1 Å². The number of nitrogens with one attached hydrogen (secondary N) is 2. The summed E-state index contributed by atoms with van der Waals surface area (Å²) in [5, 5.41) is 6.59. The first kappa shape index (κ1) is 20.0. The van der Waals surface area contributed by atoms with Gasteiger partial charge in [-0.05, 0) is 43.9 Å². The highest BCUT2D eigenvalue weighted by Crippen LogP contribution is 2.42. The number of ether oxygens (including phenoxy) is 1. The van der Waals surface area contributed by atoms with Crippen LogP contribution >= 0.6 is 0 Å². The van der Waals surface area contributed by atoms with Crippen molar-refractivity contribution in [3.05, 3.63) is 29.8 Å². The molecule has 2 N–H and O–H groups in total. The molecular weight excluding hydrogens is 362 g/mol. The van der Waals surface area contributed by atoms with Gasteiger partial charge in [-0.25, -0.2) is 8.42 Å². The molecule has 1 aliphatic heterocycles. The lowest BCUT2D eigenvalue weighted by Gasteiger charge is -2.29. The second-order valence-electron chi connectivity index (χ2n) is 7.66. The lowest BCUT2D eigenvalue weighted by molar-refractivity contribution is 0.407. The van der Waals surface area contributed by atoms with E-state index in [2.05, 4.69) is 22.8 Å². The second-order valence-corrected chi connectivity index (χ2v) is 9.89. The van der Waals surface area contributed by atoms with Gasteiger partial charge in [0.1, 0.15) is 5.75 Å². The van der Waals surface area contributed by atoms with Gasteiger partial charge in [-0.2, -0.15) is 0 Å². The molecular formula is C20H31N3O3S. The summed E-state index contributed by atoms with van der Waals surface area (Å²) in [6.07, 6.45) is 5.28. The average Bonchev–Trinajstić information content (AvgIpc) is 3.27. The van der Waals surface area contributed by atoms with Crippen molar-refractivity contribution in [1.82, 2.24) is 10.6 Å². The van der Waals surface area contributed by atoms with Crippen LogP contribution in [0.5, 0.6) is 5.75 Å². The van der Waals surface area contributed by atoms with Crippen LogP contribution in [0.4, 0.5) is 0 Å². The third kappa shape index (κ3) is 4.94. The summed E-state index contributed by atoms with van der Waals surface area (Å²) in [6.45, 7) is 3.46. The molecule has 1 atom stereocenters. The van der Waals surface area contributed by atoms with Gasteiger partial charge in [0, 0.05) is 18.0 Å². The van der Waals surface area contributed by atoms with E-state index in [0.29, 0.717) is 18.9 Å². The summed E-state index contributed by atoms with van der Waals surface area (Å²) in [6, 6.07) is 8.27. The molecule has 0 amide bonds. The molecule has 3 rings (SSSR count). The van der Waals surface area contributed by atoms with Crippen LogP contribution in [0.25, 0.3) is 0 Å². The Morgan fingerprint density at radius 2 is 2.11 bits per heavy atom. The third-order valence-electron chi connectivity index (χ3n) is 5.70. The topological polar surface area (TPSA) is 79.8 Å². The smallest absolute Gasteiger partial charge is 0.191 e. The van der Waals surface area contributed by atoms with Crippen LogP contribution in [0.3, 0.4) is 0 Å². The quantitative estimate of drug-likeness (QED) is 0.572. The normalized spacial score (nSPS) is 23.9. The maximum Gasteiger partial charge on any atom is 0.191 e. The van der Waals surface area contributed by atoms with E-state index in [1.165, 1.54) is 18.4 Å². The molecule has 1 saturated heterocycles. The van der Waals surface area contributed by atoms with E-state index < -0.39 is 9.84 Å². The SMILES string of the molecule is CCNC(=NCC1(c2cccc(OC)c2)CCCC1)NC1CCS(=O)(=O)C1. The molecule has 0 aromatic heterocycles. The predicted octanol–water partition coefficient (Wildman–Crippen LogP) is 2.25. The molecule has 0 spiro atoms. The Balaban J connectivity index is 1.77. The van der Waals surface area contributed by atoms with Crippen molar-refractivity contribution in [2.24, 2.45) is 4.99 Å². The van der Waals surface area contributed by atoms with Gasteiger partial charge in [0.25, 0.3) is 0 Å². The highest BCUT2D eigenvalue weighted by atomic mass is 32.2. The fraction of sp³-hybridized carbons (Fsp3) is 0.650. The highest BCUT2D eigenvalue weighted by molar-refractivity contribution is 7.91. The van der Waals surface area contributed by atoms with Crippen molar-refractivity contribution >= 4 is 15.8 Å². The van der Waals surface area contributed by atoms with E-state index in [-0.39, 0.29) is 23.0 Å². The lowest BCUT2D eigenvalue weighted by atomic mass is 9.79. The molecule has 1 aromatic carbocycles. The van der Waals surface area contributed by atoms with Crippen LogP contribution in [0, 0.1) is 0 Å². The van der Waals surface area contributed by atoms with Gasteiger partial charge in [-0.1, -0.05) is 25.0 Å². The summed E-state index contributed by atoms with van der Waals surface area (Å²) < 4.78 is 28.9. The molecule has 150 valence electrons. The van der Waals surface area contributed by atoms with Crippen molar-refractivity contribution < 1.29 is 13.2 Å². The first-order chi connectivity index (χ1) is 13.0. The fourth-order valence-corrected chi connectivity index (χ4v) is 5.87. The average molecular weight is 394 g/mol. The number of methoxy groups -OCH3 is 1. The summed E-state index contributed by atoms with van der Waals surface area (Å²) in [5.74, 6) is 2.05. The molecule has 1 unspecified atom stereocenters. The zero-order valence-corrected chi connectivity index (χ0v) is 17.1. The zero-order chi connectivity index (χ0) is 19.3. The number of benzene rings is 1. The zero-order valence-electron chi connectivity index (χ0n) is 16.3. The summed E-state index contributed by atoms with van der Waals surface area (Å²) in [5.41, 5.74) is 1.31. The molecule has 7 heteroatoms. The van der Waals surface area contributed by atoms with Crippen LogP contribution < -0.4 is 15.4 Å². The number of hydrogen-bond donors (Lipinski definition) is 2. The number of guanidine groups is 1. The Morgan fingerprint density at radius 1 is 1.33 bits per heavy atom. The highest BCUT2D eigenvalue weighted by Gasteiger charge is 2.36. The molecule has 1 aliphatic carbocycles. The van der Waals surface area contributed by atoms with E-state index in [1.54, 1.807) is 7.11 Å². The van der Waals surface area contributed by atoms with Crippen molar-refractivity contribution in [2.45, 2.75) is 50.5 Å². The van der Waals surface area contributed by atoms with E-state index >= 15 is 0 Å².